The Morgan fingerprint density at radius 3 is 2.73 bits per heavy atom. The van der Waals surface area contributed by atoms with Crippen LogP contribution in [0.25, 0.3) is 10.2 Å². The second-order valence-electron chi connectivity index (χ2n) is 9.90. The normalized spacial score (nSPS) is 19.3. The number of hydrogen-bond acceptors (Lipinski definition) is 4. The van der Waals surface area contributed by atoms with Crippen molar-refractivity contribution in [3.63, 3.8) is 0 Å². The Morgan fingerprint density at radius 2 is 1.94 bits per heavy atom. The number of aryl methyl sites for hydroxylation is 2. The first-order valence-corrected chi connectivity index (χ1v) is 14.1. The maximum Gasteiger partial charge on any atom is 0.220 e. The summed E-state index contributed by atoms with van der Waals surface area (Å²) in [4.78, 5) is 20.2. The molecule has 1 atom stereocenters. The summed E-state index contributed by atoms with van der Waals surface area (Å²) >= 11 is 1.74. The number of carbonyl (C=O) groups excluding carboxylic acids is 1. The lowest BCUT2D eigenvalue weighted by Gasteiger charge is -2.30. The molecule has 0 bridgehead atoms. The molecule has 1 aliphatic carbocycles. The van der Waals surface area contributed by atoms with Gasteiger partial charge in [-0.25, -0.2) is 4.98 Å². The van der Waals surface area contributed by atoms with Crippen LogP contribution in [0.1, 0.15) is 81.7 Å². The molecule has 2 aromatic rings. The van der Waals surface area contributed by atoms with E-state index in [4.69, 9.17) is 4.98 Å². The summed E-state index contributed by atoms with van der Waals surface area (Å²) in [5.41, 5.74) is 2.41. The van der Waals surface area contributed by atoms with Gasteiger partial charge in [0.1, 0.15) is 0 Å². The van der Waals surface area contributed by atoms with Crippen molar-refractivity contribution in [1.82, 2.24) is 15.2 Å². The molecule has 1 unspecified atom stereocenters. The third kappa shape index (κ3) is 7.38. The largest absolute Gasteiger partial charge is 0.353 e. The molecule has 2 fully saturated rings. The predicted octanol–water partition coefficient (Wildman–Crippen LogP) is 6.29. The zero-order chi connectivity index (χ0) is 22.9. The van der Waals surface area contributed by atoms with E-state index in [-0.39, 0.29) is 11.9 Å². The van der Waals surface area contributed by atoms with Crippen molar-refractivity contribution < 1.29 is 4.79 Å². The van der Waals surface area contributed by atoms with Gasteiger partial charge >= 0.3 is 0 Å². The number of amides is 1. The van der Waals surface area contributed by atoms with Crippen molar-refractivity contribution in [3.8, 4) is 0 Å². The Hall–Kier alpha value is -1.72. The molecule has 1 amide bonds. The van der Waals surface area contributed by atoms with E-state index in [9.17, 15) is 4.79 Å². The summed E-state index contributed by atoms with van der Waals surface area (Å²) in [5.74, 6) is 0.806. The van der Waals surface area contributed by atoms with Crippen LogP contribution in [0.2, 0.25) is 0 Å². The predicted molar refractivity (Wildman–Crippen MR) is 140 cm³/mol. The van der Waals surface area contributed by atoms with E-state index in [1.807, 2.05) is 0 Å². The second kappa shape index (κ2) is 12.7. The second-order valence-corrected chi connectivity index (χ2v) is 11.0. The molecule has 1 aromatic carbocycles. The van der Waals surface area contributed by atoms with E-state index in [0.717, 1.165) is 36.3 Å². The van der Waals surface area contributed by atoms with Gasteiger partial charge in [-0.15, -0.1) is 11.3 Å². The van der Waals surface area contributed by atoms with Gasteiger partial charge < -0.3 is 5.32 Å². The van der Waals surface area contributed by atoms with Gasteiger partial charge in [0.05, 0.1) is 15.2 Å². The minimum absolute atomic E-state index is 0.184. The van der Waals surface area contributed by atoms with E-state index in [0.29, 0.717) is 12.3 Å². The molecule has 1 saturated carbocycles. The summed E-state index contributed by atoms with van der Waals surface area (Å²) in [5, 5.41) is 4.49. The van der Waals surface area contributed by atoms with Crippen molar-refractivity contribution in [2.24, 2.45) is 5.92 Å². The number of likely N-dealkylation sites (tertiary alicyclic amines) is 1. The summed E-state index contributed by atoms with van der Waals surface area (Å²) < 4.78 is 1.24. The van der Waals surface area contributed by atoms with Gasteiger partial charge in [0.15, 0.2) is 0 Å². The number of nitrogens with one attached hydrogen (secondary N) is 1. The molecule has 1 N–H and O–H groups in total. The maximum atomic E-state index is 12.9. The fraction of sp³-hybridized carbons (Fsp3) is 0.643. The van der Waals surface area contributed by atoms with Crippen molar-refractivity contribution >= 4 is 27.5 Å². The van der Waals surface area contributed by atoms with Gasteiger partial charge in [-0.3, -0.25) is 9.69 Å². The summed E-state index contributed by atoms with van der Waals surface area (Å²) in [6, 6.07) is 6.79. The van der Waals surface area contributed by atoms with Gasteiger partial charge in [-0.1, -0.05) is 50.8 Å². The smallest absolute Gasteiger partial charge is 0.220 e. The van der Waals surface area contributed by atoms with Crippen LogP contribution in [0.15, 0.2) is 30.4 Å². The fourth-order valence-electron chi connectivity index (χ4n) is 5.36. The van der Waals surface area contributed by atoms with Crippen LogP contribution in [0.5, 0.6) is 0 Å². The molecule has 1 aliphatic heterocycles. The molecular weight excluding hydrogens is 426 g/mol. The zero-order valence-corrected chi connectivity index (χ0v) is 21.2. The van der Waals surface area contributed by atoms with Crippen LogP contribution >= 0.6 is 11.3 Å². The van der Waals surface area contributed by atoms with Crippen molar-refractivity contribution in [1.29, 1.82) is 0 Å². The third-order valence-electron chi connectivity index (χ3n) is 7.41. The average Bonchev–Trinajstić information content (AvgIpc) is 3.28. The molecule has 5 heteroatoms. The number of benzene rings is 1. The highest BCUT2D eigenvalue weighted by atomic mass is 32.1. The molecule has 4 rings (SSSR count). The first-order chi connectivity index (χ1) is 16.2. The SMILES string of the molecule is CCc1ccc2nc(CCC(=O)NC(C/C=C/CN3CCCCC3)C3CCCCC3)sc2c1. The molecule has 2 aliphatic rings. The Balaban J connectivity index is 1.29. The zero-order valence-electron chi connectivity index (χ0n) is 20.4. The Bertz CT molecular complexity index is 909. The highest BCUT2D eigenvalue weighted by Crippen LogP contribution is 2.28. The van der Waals surface area contributed by atoms with Gasteiger partial charge in [0, 0.05) is 25.4 Å². The number of carbonyl (C=O) groups is 1. The van der Waals surface area contributed by atoms with Crippen LogP contribution in [0.3, 0.4) is 0 Å². The molecule has 0 radical (unpaired) electrons. The lowest BCUT2D eigenvalue weighted by Crippen LogP contribution is -2.41. The lowest BCUT2D eigenvalue weighted by atomic mass is 9.82. The fourth-order valence-corrected chi connectivity index (χ4v) is 6.39. The number of aromatic nitrogens is 1. The Kier molecular flexibility index (Phi) is 9.36. The van der Waals surface area contributed by atoms with Crippen LogP contribution in [-0.4, -0.2) is 41.5 Å². The van der Waals surface area contributed by atoms with Gasteiger partial charge in [0.2, 0.25) is 5.91 Å². The topological polar surface area (TPSA) is 45.2 Å². The molecule has 1 saturated heterocycles. The molecule has 33 heavy (non-hydrogen) atoms. The molecule has 2 heterocycles. The lowest BCUT2D eigenvalue weighted by molar-refractivity contribution is -0.122. The highest BCUT2D eigenvalue weighted by Gasteiger charge is 2.24. The van der Waals surface area contributed by atoms with Crippen LogP contribution in [-0.2, 0) is 17.6 Å². The van der Waals surface area contributed by atoms with Gasteiger partial charge in [0.25, 0.3) is 0 Å². The number of hydrogen-bond donors (Lipinski definition) is 1. The standard InChI is InChI=1S/C28H41N3OS/c1-2-22-14-15-25-26(21-22)33-28(30-25)17-16-27(32)29-24(23-11-5-3-6-12-23)13-7-10-20-31-18-8-4-9-19-31/h7,10,14-15,21,23-24H,2-6,8-9,11-13,16-20H2,1H3,(H,29,32)/b10-7+. The van der Waals surface area contributed by atoms with E-state index in [2.05, 4.69) is 47.5 Å². The third-order valence-corrected chi connectivity index (χ3v) is 8.48. The van der Waals surface area contributed by atoms with Crippen LogP contribution < -0.4 is 5.32 Å². The molecule has 0 spiro atoms. The number of fused-ring (bicyclic) bond motifs is 1. The van der Waals surface area contributed by atoms with Crippen LogP contribution in [0, 0.1) is 5.92 Å². The van der Waals surface area contributed by atoms with Crippen molar-refractivity contribution in [2.75, 3.05) is 19.6 Å². The van der Waals surface area contributed by atoms with Crippen LogP contribution in [0.4, 0.5) is 0 Å². The number of piperidine rings is 1. The Labute approximate surface area is 203 Å². The summed E-state index contributed by atoms with van der Waals surface area (Å²) in [6.45, 7) is 5.71. The van der Waals surface area contributed by atoms with Gasteiger partial charge in [-0.2, -0.15) is 0 Å². The first kappa shape index (κ1) is 24.4. The monoisotopic (exact) mass is 467 g/mol. The molecule has 1 aromatic heterocycles. The van der Waals surface area contributed by atoms with E-state index >= 15 is 0 Å². The van der Waals surface area contributed by atoms with E-state index < -0.39 is 0 Å². The highest BCUT2D eigenvalue weighted by molar-refractivity contribution is 7.18. The van der Waals surface area contributed by atoms with Gasteiger partial charge in [-0.05, 0) is 75.2 Å². The number of rotatable bonds is 10. The van der Waals surface area contributed by atoms with E-state index in [1.54, 1.807) is 11.3 Å². The van der Waals surface area contributed by atoms with E-state index in [1.165, 1.54) is 74.7 Å². The number of thiazole rings is 1. The summed E-state index contributed by atoms with van der Waals surface area (Å²) in [7, 11) is 0. The van der Waals surface area contributed by atoms with Crippen molar-refractivity contribution in [2.45, 2.75) is 90.0 Å². The average molecular weight is 468 g/mol. The minimum atomic E-state index is 0.184. The quantitative estimate of drug-likeness (QED) is 0.418. The Morgan fingerprint density at radius 1 is 1.15 bits per heavy atom. The maximum absolute atomic E-state index is 12.9. The summed E-state index contributed by atoms with van der Waals surface area (Å²) in [6.07, 6.45) is 18.4. The first-order valence-electron chi connectivity index (χ1n) is 13.3. The minimum Gasteiger partial charge on any atom is -0.353 e. The van der Waals surface area contributed by atoms with Crippen molar-refractivity contribution in [3.05, 3.63) is 40.9 Å². The number of nitrogens with zero attached hydrogens (tertiary/aromatic N) is 2. The molecular formula is C28H41N3OS. The molecule has 180 valence electrons. The molecule has 4 nitrogen and oxygen atoms in total.